The first-order valence-corrected chi connectivity index (χ1v) is 10.4. The average Bonchev–Trinajstić information content (AvgIpc) is 2.73. The number of ether oxygens (including phenoxy) is 2. The zero-order valence-corrected chi connectivity index (χ0v) is 16.6. The molecule has 5 nitrogen and oxygen atoms in total. The van der Waals surface area contributed by atoms with Crippen LogP contribution in [0.15, 0.2) is 53.6 Å². The number of halogens is 2. The molecular weight excluding hydrogens is 396 g/mol. The molecule has 1 saturated heterocycles. The molecule has 0 radical (unpaired) electrons. The number of nitrogens with zero attached hydrogens (tertiary/aromatic N) is 3. The molecular formula is C21H21F2N3O2S. The largest absolute Gasteiger partial charge is 0.435 e. The lowest BCUT2D eigenvalue weighted by molar-refractivity contribution is -0.0503. The smallest absolute Gasteiger partial charge is 0.387 e. The van der Waals surface area contributed by atoms with E-state index in [1.165, 1.54) is 11.8 Å². The first-order chi connectivity index (χ1) is 14.2. The van der Waals surface area contributed by atoms with E-state index in [0.29, 0.717) is 17.9 Å². The molecule has 0 N–H and O–H groups in total. The third-order valence-electron chi connectivity index (χ3n) is 4.64. The number of alkyl halides is 2. The van der Waals surface area contributed by atoms with Crippen LogP contribution in [-0.2, 0) is 17.0 Å². The topological polar surface area (TPSA) is 47.5 Å². The monoisotopic (exact) mass is 417 g/mol. The van der Waals surface area contributed by atoms with E-state index in [4.69, 9.17) is 14.7 Å². The van der Waals surface area contributed by atoms with Gasteiger partial charge in [0.2, 0.25) is 0 Å². The first-order valence-electron chi connectivity index (χ1n) is 9.40. The van der Waals surface area contributed by atoms with Crippen molar-refractivity contribution in [2.24, 2.45) is 0 Å². The summed E-state index contributed by atoms with van der Waals surface area (Å²) in [6, 6.07) is 14.7. The molecule has 0 bridgehead atoms. The fourth-order valence-electron chi connectivity index (χ4n) is 3.21. The van der Waals surface area contributed by atoms with Crippen molar-refractivity contribution in [3.8, 4) is 5.75 Å². The van der Waals surface area contributed by atoms with Crippen molar-refractivity contribution in [2.75, 3.05) is 26.3 Å². The van der Waals surface area contributed by atoms with E-state index in [0.717, 1.165) is 48.1 Å². The van der Waals surface area contributed by atoms with Gasteiger partial charge in [0.25, 0.3) is 0 Å². The van der Waals surface area contributed by atoms with Crippen molar-refractivity contribution in [3.63, 3.8) is 0 Å². The van der Waals surface area contributed by atoms with E-state index in [9.17, 15) is 8.78 Å². The Bertz CT molecular complexity index is 968. The van der Waals surface area contributed by atoms with Crippen LogP contribution in [-0.4, -0.2) is 47.8 Å². The molecule has 3 aromatic rings. The third kappa shape index (κ3) is 5.20. The molecule has 1 aliphatic heterocycles. The van der Waals surface area contributed by atoms with Gasteiger partial charge in [0.15, 0.2) is 0 Å². The molecule has 0 spiro atoms. The quantitative estimate of drug-likeness (QED) is 0.421. The van der Waals surface area contributed by atoms with Crippen LogP contribution in [0.3, 0.4) is 0 Å². The molecule has 1 aliphatic rings. The van der Waals surface area contributed by atoms with Gasteiger partial charge in [-0.1, -0.05) is 36.4 Å². The van der Waals surface area contributed by atoms with Crippen LogP contribution >= 0.6 is 11.8 Å². The number of fused-ring (bicyclic) bond motifs is 1. The Morgan fingerprint density at radius 3 is 2.62 bits per heavy atom. The maximum atomic E-state index is 12.7. The number of hydrogen-bond acceptors (Lipinski definition) is 6. The summed E-state index contributed by atoms with van der Waals surface area (Å²) in [6.45, 7) is 0.966. The number of morpholine rings is 1. The van der Waals surface area contributed by atoms with Gasteiger partial charge in [-0.05, 0) is 12.1 Å². The second-order valence-electron chi connectivity index (χ2n) is 6.63. The fourth-order valence-corrected chi connectivity index (χ4v) is 4.24. The highest BCUT2D eigenvalue weighted by Crippen LogP contribution is 2.31. The van der Waals surface area contributed by atoms with Crippen LogP contribution in [0.5, 0.6) is 5.75 Å². The van der Waals surface area contributed by atoms with Crippen LogP contribution in [0.1, 0.15) is 11.4 Å². The Labute approximate surface area is 172 Å². The zero-order valence-electron chi connectivity index (χ0n) is 15.8. The zero-order chi connectivity index (χ0) is 20.1. The van der Waals surface area contributed by atoms with Gasteiger partial charge < -0.3 is 9.47 Å². The van der Waals surface area contributed by atoms with Crippen molar-refractivity contribution in [3.05, 3.63) is 59.9 Å². The molecule has 0 saturated carbocycles. The maximum absolute atomic E-state index is 12.7. The predicted octanol–water partition coefficient (Wildman–Crippen LogP) is 4.36. The summed E-state index contributed by atoms with van der Waals surface area (Å²) in [6.07, 6.45) is 0. The van der Waals surface area contributed by atoms with Crippen LogP contribution < -0.4 is 4.74 Å². The molecule has 0 aliphatic carbocycles. The van der Waals surface area contributed by atoms with Gasteiger partial charge >= 0.3 is 6.61 Å². The molecule has 1 aromatic heterocycles. The lowest BCUT2D eigenvalue weighted by Crippen LogP contribution is -2.36. The summed E-state index contributed by atoms with van der Waals surface area (Å²) in [5.41, 5.74) is 1.58. The van der Waals surface area contributed by atoms with Crippen LogP contribution in [0.4, 0.5) is 8.78 Å². The Morgan fingerprint density at radius 2 is 1.79 bits per heavy atom. The van der Waals surface area contributed by atoms with Crippen molar-refractivity contribution in [1.82, 2.24) is 14.9 Å². The third-order valence-corrected chi connectivity index (χ3v) is 5.68. The Morgan fingerprint density at radius 1 is 1.03 bits per heavy atom. The number of benzene rings is 2. The number of thioether (sulfide) groups is 1. The summed E-state index contributed by atoms with van der Waals surface area (Å²) < 4.78 is 35.4. The van der Waals surface area contributed by atoms with Crippen molar-refractivity contribution in [2.45, 2.75) is 23.9 Å². The molecule has 0 amide bonds. The SMILES string of the molecule is FC(F)Oc1ccccc1CSc1nc(CN2CCOCC2)nc2ccccc12. The maximum Gasteiger partial charge on any atom is 0.387 e. The average molecular weight is 417 g/mol. The van der Waals surface area contributed by atoms with Crippen LogP contribution in [0.2, 0.25) is 0 Å². The van der Waals surface area contributed by atoms with E-state index in [-0.39, 0.29) is 5.75 Å². The minimum Gasteiger partial charge on any atom is -0.435 e. The van der Waals surface area contributed by atoms with E-state index in [2.05, 4.69) is 9.64 Å². The molecule has 29 heavy (non-hydrogen) atoms. The predicted molar refractivity (Wildman–Crippen MR) is 108 cm³/mol. The van der Waals surface area contributed by atoms with E-state index < -0.39 is 6.61 Å². The minimum absolute atomic E-state index is 0.196. The molecule has 0 atom stereocenters. The molecule has 2 heterocycles. The lowest BCUT2D eigenvalue weighted by atomic mass is 10.2. The standard InChI is InChI=1S/C21H21F2N3O2S/c22-21(23)28-18-8-4-1-5-15(18)14-29-20-16-6-2-3-7-17(16)24-19(25-20)13-26-9-11-27-12-10-26/h1-8,21H,9-14H2. The summed E-state index contributed by atoms with van der Waals surface area (Å²) in [4.78, 5) is 11.8. The van der Waals surface area contributed by atoms with Gasteiger partial charge in [-0.2, -0.15) is 8.78 Å². The summed E-state index contributed by atoms with van der Waals surface area (Å²) in [5, 5.41) is 1.79. The summed E-state index contributed by atoms with van der Waals surface area (Å²) in [7, 11) is 0. The molecule has 1 fully saturated rings. The van der Waals surface area contributed by atoms with Crippen LogP contribution in [0, 0.1) is 0 Å². The van der Waals surface area contributed by atoms with Gasteiger partial charge in [-0.15, -0.1) is 11.8 Å². The molecule has 0 unspecified atom stereocenters. The second-order valence-corrected chi connectivity index (χ2v) is 7.59. The van der Waals surface area contributed by atoms with Gasteiger partial charge in [0, 0.05) is 29.8 Å². The molecule has 2 aromatic carbocycles. The number of para-hydroxylation sites is 2. The van der Waals surface area contributed by atoms with Gasteiger partial charge in [-0.3, -0.25) is 4.90 Å². The van der Waals surface area contributed by atoms with Gasteiger partial charge in [-0.25, -0.2) is 9.97 Å². The minimum atomic E-state index is -2.85. The number of rotatable bonds is 7. The number of aromatic nitrogens is 2. The van der Waals surface area contributed by atoms with E-state index >= 15 is 0 Å². The normalized spacial score (nSPS) is 15.1. The summed E-state index contributed by atoms with van der Waals surface area (Å²) >= 11 is 1.50. The van der Waals surface area contributed by atoms with Crippen molar-refractivity contribution >= 4 is 22.7 Å². The Balaban J connectivity index is 1.58. The van der Waals surface area contributed by atoms with E-state index in [1.54, 1.807) is 18.2 Å². The summed E-state index contributed by atoms with van der Waals surface area (Å²) in [5.74, 6) is 1.42. The fraction of sp³-hybridized carbons (Fsp3) is 0.333. The highest BCUT2D eigenvalue weighted by Gasteiger charge is 2.16. The Kier molecular flexibility index (Phi) is 6.53. The first kappa shape index (κ1) is 20.0. The number of hydrogen-bond donors (Lipinski definition) is 0. The highest BCUT2D eigenvalue weighted by atomic mass is 32.2. The molecule has 4 rings (SSSR count). The van der Waals surface area contributed by atoms with Crippen molar-refractivity contribution in [1.29, 1.82) is 0 Å². The molecule has 8 heteroatoms. The van der Waals surface area contributed by atoms with E-state index in [1.807, 2.05) is 30.3 Å². The molecule has 152 valence electrons. The lowest BCUT2D eigenvalue weighted by Gasteiger charge is -2.25. The van der Waals surface area contributed by atoms with Gasteiger partial charge in [0.1, 0.15) is 16.6 Å². The van der Waals surface area contributed by atoms with Gasteiger partial charge in [0.05, 0.1) is 25.3 Å². The second kappa shape index (κ2) is 9.47. The Hall–Kier alpha value is -2.29. The van der Waals surface area contributed by atoms with Crippen molar-refractivity contribution < 1.29 is 18.3 Å². The highest BCUT2D eigenvalue weighted by molar-refractivity contribution is 7.98. The van der Waals surface area contributed by atoms with Crippen LogP contribution in [0.25, 0.3) is 10.9 Å².